The normalized spacial score (nSPS) is 19.9. The van der Waals surface area contributed by atoms with Gasteiger partial charge in [0.1, 0.15) is 5.82 Å². The number of rotatable bonds is 5. The summed E-state index contributed by atoms with van der Waals surface area (Å²) in [7, 11) is 3.51. The summed E-state index contributed by atoms with van der Waals surface area (Å²) < 4.78 is 12.9. The fourth-order valence-corrected chi connectivity index (χ4v) is 2.46. The molecular weight excluding hydrogens is 270 g/mol. The maximum absolute atomic E-state index is 5.66. The molecule has 2 rings (SSSR count). The van der Waals surface area contributed by atoms with Crippen LogP contribution in [-0.4, -0.2) is 73.5 Å². The highest BCUT2D eigenvalue weighted by Gasteiger charge is 2.22. The first-order valence-electron chi connectivity index (χ1n) is 7.28. The van der Waals surface area contributed by atoms with Gasteiger partial charge in [0, 0.05) is 52.7 Å². The van der Waals surface area contributed by atoms with Gasteiger partial charge in [0.05, 0.1) is 19.3 Å². The molecule has 1 aliphatic heterocycles. The first kappa shape index (κ1) is 15.8. The number of nitrogens with zero attached hydrogens (tertiary/aromatic N) is 4. The number of methoxy groups -OCH3 is 1. The van der Waals surface area contributed by atoms with Gasteiger partial charge in [0.25, 0.3) is 0 Å². The Morgan fingerprint density at radius 2 is 2.48 bits per heavy atom. The Morgan fingerprint density at radius 1 is 1.62 bits per heavy atom. The van der Waals surface area contributed by atoms with Gasteiger partial charge in [-0.3, -0.25) is 4.99 Å². The predicted molar refractivity (Wildman–Crippen MR) is 81.5 cm³/mol. The number of ether oxygens (including phenoxy) is 2. The van der Waals surface area contributed by atoms with Crippen LogP contribution >= 0.6 is 0 Å². The zero-order chi connectivity index (χ0) is 15.1. The van der Waals surface area contributed by atoms with Gasteiger partial charge < -0.3 is 24.3 Å². The van der Waals surface area contributed by atoms with E-state index in [1.165, 1.54) is 0 Å². The molecule has 0 saturated carbocycles. The zero-order valence-corrected chi connectivity index (χ0v) is 13.1. The molecule has 0 radical (unpaired) electrons. The Hall–Kier alpha value is -1.60. The van der Waals surface area contributed by atoms with Gasteiger partial charge in [-0.15, -0.1) is 0 Å². The lowest BCUT2D eigenvalue weighted by atomic mass is 10.3. The van der Waals surface area contributed by atoms with Crippen LogP contribution in [0.5, 0.6) is 0 Å². The Labute approximate surface area is 126 Å². The summed E-state index contributed by atoms with van der Waals surface area (Å²) in [6.45, 7) is 6.66. The molecule has 1 aliphatic rings. The van der Waals surface area contributed by atoms with Gasteiger partial charge in [-0.05, 0) is 6.92 Å². The van der Waals surface area contributed by atoms with Crippen LogP contribution in [0.15, 0.2) is 17.4 Å². The van der Waals surface area contributed by atoms with Crippen molar-refractivity contribution in [3.63, 3.8) is 0 Å². The van der Waals surface area contributed by atoms with Gasteiger partial charge in [-0.25, -0.2) is 4.98 Å². The molecule has 7 heteroatoms. The number of hydrogen-bond acceptors (Lipinski definition) is 4. The number of guanidine groups is 1. The van der Waals surface area contributed by atoms with Crippen LogP contribution in [0.1, 0.15) is 5.82 Å². The molecule has 1 N–H and O–H groups in total. The van der Waals surface area contributed by atoms with E-state index < -0.39 is 0 Å². The van der Waals surface area contributed by atoms with Crippen molar-refractivity contribution in [2.45, 2.75) is 19.6 Å². The molecule has 0 amide bonds. The van der Waals surface area contributed by atoms with Crippen molar-refractivity contribution < 1.29 is 9.47 Å². The first-order valence-corrected chi connectivity index (χ1v) is 7.28. The SMILES string of the molecule is CN=C(NCCn1ccnc1C)N1CCOC(COC)C1. The smallest absolute Gasteiger partial charge is 0.193 e. The van der Waals surface area contributed by atoms with E-state index in [9.17, 15) is 0 Å². The van der Waals surface area contributed by atoms with Crippen LogP contribution in [0, 0.1) is 6.92 Å². The van der Waals surface area contributed by atoms with Crippen molar-refractivity contribution in [2.24, 2.45) is 4.99 Å². The van der Waals surface area contributed by atoms with E-state index in [2.05, 4.69) is 24.8 Å². The highest BCUT2D eigenvalue weighted by Crippen LogP contribution is 2.06. The highest BCUT2D eigenvalue weighted by atomic mass is 16.5. The predicted octanol–water partition coefficient (Wildman–Crippen LogP) is 0.114. The number of imidazole rings is 1. The summed E-state index contributed by atoms with van der Waals surface area (Å²) in [5, 5.41) is 3.40. The minimum absolute atomic E-state index is 0.109. The minimum Gasteiger partial charge on any atom is -0.382 e. The highest BCUT2D eigenvalue weighted by molar-refractivity contribution is 5.79. The van der Waals surface area contributed by atoms with Crippen LogP contribution in [0.2, 0.25) is 0 Å². The molecule has 7 nitrogen and oxygen atoms in total. The second-order valence-corrected chi connectivity index (χ2v) is 5.04. The lowest BCUT2D eigenvalue weighted by Gasteiger charge is -2.34. The van der Waals surface area contributed by atoms with Crippen molar-refractivity contribution in [3.05, 3.63) is 18.2 Å². The van der Waals surface area contributed by atoms with E-state index in [0.717, 1.165) is 38.0 Å². The van der Waals surface area contributed by atoms with Gasteiger partial charge in [-0.2, -0.15) is 0 Å². The zero-order valence-electron chi connectivity index (χ0n) is 13.1. The molecule has 2 heterocycles. The number of morpholine rings is 1. The molecule has 0 aromatic carbocycles. The summed E-state index contributed by atoms with van der Waals surface area (Å²) >= 11 is 0. The molecule has 1 aromatic rings. The lowest BCUT2D eigenvalue weighted by molar-refractivity contribution is -0.0447. The standard InChI is InChI=1S/C14H25N5O2/c1-12-16-4-6-18(12)7-5-17-14(15-2)19-8-9-21-13(10-19)11-20-3/h4,6,13H,5,7-11H2,1-3H3,(H,15,17). The minimum atomic E-state index is 0.109. The number of nitrogens with one attached hydrogen (secondary N) is 1. The van der Waals surface area contributed by atoms with Crippen molar-refractivity contribution in [1.82, 2.24) is 19.8 Å². The number of hydrogen-bond donors (Lipinski definition) is 1. The van der Waals surface area contributed by atoms with Crippen LogP contribution in [-0.2, 0) is 16.0 Å². The molecule has 0 aliphatic carbocycles. The first-order chi connectivity index (χ1) is 10.2. The molecule has 1 aromatic heterocycles. The van der Waals surface area contributed by atoms with Crippen molar-refractivity contribution in [2.75, 3.05) is 47.0 Å². The maximum Gasteiger partial charge on any atom is 0.193 e. The van der Waals surface area contributed by atoms with Crippen LogP contribution in [0.3, 0.4) is 0 Å². The second-order valence-electron chi connectivity index (χ2n) is 5.04. The quantitative estimate of drug-likeness (QED) is 0.617. The maximum atomic E-state index is 5.66. The van der Waals surface area contributed by atoms with Crippen LogP contribution in [0.4, 0.5) is 0 Å². The van der Waals surface area contributed by atoms with E-state index in [4.69, 9.17) is 9.47 Å². The van der Waals surface area contributed by atoms with Gasteiger partial charge >= 0.3 is 0 Å². The molecule has 0 spiro atoms. The summed E-state index contributed by atoms with van der Waals surface area (Å²) in [6.07, 6.45) is 3.92. The summed E-state index contributed by atoms with van der Waals surface area (Å²) in [6, 6.07) is 0. The summed E-state index contributed by atoms with van der Waals surface area (Å²) in [5.74, 6) is 1.94. The molecule has 1 fully saturated rings. The Balaban J connectivity index is 1.81. The molecule has 1 saturated heterocycles. The average molecular weight is 295 g/mol. The van der Waals surface area contributed by atoms with E-state index >= 15 is 0 Å². The van der Waals surface area contributed by atoms with Gasteiger partial charge in [0.2, 0.25) is 0 Å². The van der Waals surface area contributed by atoms with E-state index in [1.54, 1.807) is 7.11 Å². The van der Waals surface area contributed by atoms with Gasteiger partial charge in [0.15, 0.2) is 5.96 Å². The lowest BCUT2D eigenvalue weighted by Crippen LogP contribution is -2.51. The molecule has 118 valence electrons. The Morgan fingerprint density at radius 3 is 3.14 bits per heavy atom. The fourth-order valence-electron chi connectivity index (χ4n) is 2.46. The molecular formula is C14H25N5O2. The Kier molecular flexibility index (Phi) is 6.01. The summed E-state index contributed by atoms with van der Waals surface area (Å²) in [5.41, 5.74) is 0. The third kappa shape index (κ3) is 4.44. The number of aromatic nitrogens is 2. The fraction of sp³-hybridized carbons (Fsp3) is 0.714. The number of aliphatic imine (C=N–C) groups is 1. The largest absolute Gasteiger partial charge is 0.382 e. The Bertz CT molecular complexity index is 458. The molecule has 0 bridgehead atoms. The summed E-state index contributed by atoms with van der Waals surface area (Å²) in [4.78, 5) is 10.8. The van der Waals surface area contributed by atoms with Crippen molar-refractivity contribution in [1.29, 1.82) is 0 Å². The van der Waals surface area contributed by atoms with E-state index in [-0.39, 0.29) is 6.10 Å². The molecule has 21 heavy (non-hydrogen) atoms. The van der Waals surface area contributed by atoms with E-state index in [0.29, 0.717) is 13.2 Å². The third-order valence-electron chi connectivity index (χ3n) is 3.56. The third-order valence-corrected chi connectivity index (χ3v) is 3.56. The monoisotopic (exact) mass is 295 g/mol. The van der Waals surface area contributed by atoms with Crippen molar-refractivity contribution in [3.8, 4) is 0 Å². The molecule has 1 unspecified atom stereocenters. The topological polar surface area (TPSA) is 63.9 Å². The van der Waals surface area contributed by atoms with Crippen LogP contribution < -0.4 is 5.32 Å². The molecule has 1 atom stereocenters. The van der Waals surface area contributed by atoms with Gasteiger partial charge in [-0.1, -0.05) is 0 Å². The van der Waals surface area contributed by atoms with Crippen molar-refractivity contribution >= 4 is 5.96 Å². The average Bonchev–Trinajstić information content (AvgIpc) is 2.90. The van der Waals surface area contributed by atoms with Crippen LogP contribution in [0.25, 0.3) is 0 Å². The second kappa shape index (κ2) is 7.99. The van der Waals surface area contributed by atoms with E-state index in [1.807, 2.05) is 26.4 Å². The number of aryl methyl sites for hydroxylation is 1.